The van der Waals surface area contributed by atoms with Crippen molar-refractivity contribution in [3.05, 3.63) is 47.8 Å². The molecule has 2 aromatic rings. The fraction of sp³-hybridized carbons (Fsp3) is 0.421. The van der Waals surface area contributed by atoms with Crippen LogP contribution in [0.4, 0.5) is 11.6 Å². The molecule has 1 saturated heterocycles. The first-order valence-electron chi connectivity index (χ1n) is 9.00. The molecule has 0 aliphatic carbocycles. The van der Waals surface area contributed by atoms with Crippen LogP contribution in [0.1, 0.15) is 11.1 Å². The highest BCUT2D eigenvalue weighted by Crippen LogP contribution is 2.13. The van der Waals surface area contributed by atoms with Gasteiger partial charge in [0.05, 0.1) is 6.54 Å². The summed E-state index contributed by atoms with van der Waals surface area (Å²) in [6.07, 6.45) is 3.57. The predicted molar refractivity (Wildman–Crippen MR) is 122 cm³/mol. The summed E-state index contributed by atoms with van der Waals surface area (Å²) in [6, 6.07) is 8.12. The summed E-state index contributed by atoms with van der Waals surface area (Å²) >= 11 is 0. The van der Waals surface area contributed by atoms with Crippen LogP contribution in [0.15, 0.2) is 41.7 Å². The zero-order chi connectivity index (χ0) is 18.4. The number of rotatable bonds is 5. The molecule has 27 heavy (non-hydrogen) atoms. The highest BCUT2D eigenvalue weighted by Gasteiger charge is 2.18. The summed E-state index contributed by atoms with van der Waals surface area (Å²) in [5, 5.41) is 3.17. The maximum absolute atomic E-state index is 6.02. The third kappa shape index (κ3) is 6.62. The molecular formula is C19H28IN7. The number of benzene rings is 1. The first-order valence-corrected chi connectivity index (χ1v) is 9.00. The van der Waals surface area contributed by atoms with Gasteiger partial charge in [0.1, 0.15) is 0 Å². The van der Waals surface area contributed by atoms with Crippen LogP contribution >= 0.6 is 24.0 Å². The van der Waals surface area contributed by atoms with E-state index in [2.05, 4.69) is 62.1 Å². The summed E-state index contributed by atoms with van der Waals surface area (Å²) in [7, 11) is 0. The molecule has 1 aliphatic heterocycles. The number of halogens is 1. The number of hydrogen-bond donors (Lipinski definition) is 2. The third-order valence-electron chi connectivity index (χ3n) is 4.40. The molecule has 1 aromatic carbocycles. The Labute approximate surface area is 178 Å². The Hall–Kier alpha value is -1.94. The number of nitrogens with one attached hydrogen (secondary N) is 1. The molecule has 0 saturated carbocycles. The molecule has 0 spiro atoms. The Morgan fingerprint density at radius 1 is 1.07 bits per heavy atom. The highest BCUT2D eigenvalue weighted by molar-refractivity contribution is 14.0. The summed E-state index contributed by atoms with van der Waals surface area (Å²) in [5.74, 6) is 1.28. The lowest BCUT2D eigenvalue weighted by Gasteiger charge is -2.34. The molecule has 0 unspecified atom stereocenters. The number of nitrogens with two attached hydrogens (primary N) is 1. The van der Waals surface area contributed by atoms with E-state index in [0.717, 1.165) is 44.4 Å². The lowest BCUT2D eigenvalue weighted by Crippen LogP contribution is -2.47. The van der Waals surface area contributed by atoms with Crippen LogP contribution in [0.3, 0.4) is 0 Å². The Morgan fingerprint density at radius 3 is 2.33 bits per heavy atom. The zero-order valence-electron chi connectivity index (χ0n) is 15.9. The van der Waals surface area contributed by atoms with Gasteiger partial charge in [0.2, 0.25) is 5.95 Å². The van der Waals surface area contributed by atoms with E-state index in [1.807, 2.05) is 6.07 Å². The number of hydrogen-bond acceptors (Lipinski definition) is 5. The minimum absolute atomic E-state index is 0. The molecule has 146 valence electrons. The molecule has 8 heteroatoms. The summed E-state index contributed by atoms with van der Waals surface area (Å²) in [5.41, 5.74) is 9.42. The number of aromatic nitrogens is 2. The molecule has 7 nitrogen and oxygen atoms in total. The zero-order valence-corrected chi connectivity index (χ0v) is 18.3. The van der Waals surface area contributed by atoms with Crippen LogP contribution in [0.2, 0.25) is 0 Å². The van der Waals surface area contributed by atoms with Crippen molar-refractivity contribution in [1.29, 1.82) is 0 Å². The molecule has 2 heterocycles. The monoisotopic (exact) mass is 481 g/mol. The molecule has 1 aromatic heterocycles. The number of anilines is 2. The van der Waals surface area contributed by atoms with Crippen LogP contribution in [-0.4, -0.2) is 60.1 Å². The van der Waals surface area contributed by atoms with E-state index in [9.17, 15) is 0 Å². The van der Waals surface area contributed by atoms with Gasteiger partial charge in [0.25, 0.3) is 0 Å². The van der Waals surface area contributed by atoms with Crippen molar-refractivity contribution in [2.45, 2.75) is 13.8 Å². The largest absolute Gasteiger partial charge is 0.370 e. The van der Waals surface area contributed by atoms with E-state index in [0.29, 0.717) is 12.5 Å². The van der Waals surface area contributed by atoms with E-state index in [1.165, 1.54) is 11.1 Å². The van der Waals surface area contributed by atoms with Crippen molar-refractivity contribution in [2.24, 2.45) is 10.7 Å². The second-order valence-electron chi connectivity index (χ2n) is 6.65. The van der Waals surface area contributed by atoms with Gasteiger partial charge in [-0.25, -0.2) is 9.97 Å². The van der Waals surface area contributed by atoms with Crippen LogP contribution in [0, 0.1) is 13.8 Å². The molecule has 0 radical (unpaired) electrons. The van der Waals surface area contributed by atoms with Crippen molar-refractivity contribution in [3.63, 3.8) is 0 Å². The minimum Gasteiger partial charge on any atom is -0.370 e. The summed E-state index contributed by atoms with van der Waals surface area (Å²) < 4.78 is 0. The quantitative estimate of drug-likeness (QED) is 0.388. The normalized spacial score (nSPS) is 15.3. The molecule has 0 amide bonds. The molecule has 3 rings (SSSR count). The second-order valence-corrected chi connectivity index (χ2v) is 6.65. The maximum Gasteiger partial charge on any atom is 0.225 e. The van der Waals surface area contributed by atoms with Crippen LogP contribution in [0.25, 0.3) is 0 Å². The van der Waals surface area contributed by atoms with E-state index < -0.39 is 0 Å². The second kappa shape index (κ2) is 10.4. The van der Waals surface area contributed by atoms with E-state index in [-0.39, 0.29) is 24.0 Å². The lowest BCUT2D eigenvalue weighted by atomic mass is 10.1. The smallest absolute Gasteiger partial charge is 0.225 e. The molecule has 0 atom stereocenters. The summed E-state index contributed by atoms with van der Waals surface area (Å²) in [6.45, 7) is 9.58. The van der Waals surface area contributed by atoms with Gasteiger partial charge in [0, 0.05) is 50.8 Å². The summed E-state index contributed by atoms with van der Waals surface area (Å²) in [4.78, 5) is 17.7. The van der Waals surface area contributed by atoms with Gasteiger partial charge in [-0.3, -0.25) is 9.89 Å². The number of aryl methyl sites for hydroxylation is 2. The lowest BCUT2D eigenvalue weighted by molar-refractivity contribution is 0.264. The number of nitrogens with zero attached hydrogens (tertiary/aromatic N) is 5. The van der Waals surface area contributed by atoms with Gasteiger partial charge >= 0.3 is 0 Å². The van der Waals surface area contributed by atoms with Crippen molar-refractivity contribution in [1.82, 2.24) is 14.9 Å². The van der Waals surface area contributed by atoms with Gasteiger partial charge in [-0.1, -0.05) is 6.07 Å². The number of aliphatic imine (C=N–C) groups is 1. The molecule has 1 aliphatic rings. The topological polar surface area (TPSA) is 82.7 Å². The standard InChI is InChI=1S/C19H27N7.HI/c1-15-12-16(2)14-17(13-15)24-18(20)21-6-7-25-8-10-26(11-9-25)19-22-4-3-5-23-19;/h3-5,12-14H,6-11H2,1-2H3,(H3,20,21,24);1H. The Morgan fingerprint density at radius 2 is 1.70 bits per heavy atom. The highest BCUT2D eigenvalue weighted by atomic mass is 127. The average Bonchev–Trinajstić information content (AvgIpc) is 2.62. The van der Waals surface area contributed by atoms with Gasteiger partial charge in [0.15, 0.2) is 5.96 Å². The van der Waals surface area contributed by atoms with Gasteiger partial charge in [-0.15, -0.1) is 24.0 Å². The van der Waals surface area contributed by atoms with Crippen LogP contribution in [-0.2, 0) is 0 Å². The van der Waals surface area contributed by atoms with E-state index >= 15 is 0 Å². The van der Waals surface area contributed by atoms with Crippen LogP contribution < -0.4 is 16.0 Å². The Bertz CT molecular complexity index is 723. The van der Waals surface area contributed by atoms with Crippen molar-refractivity contribution in [2.75, 3.05) is 49.5 Å². The van der Waals surface area contributed by atoms with Gasteiger partial charge < -0.3 is 16.0 Å². The fourth-order valence-electron chi connectivity index (χ4n) is 3.17. The third-order valence-corrected chi connectivity index (χ3v) is 4.40. The average molecular weight is 481 g/mol. The SMILES string of the molecule is Cc1cc(C)cc(NC(N)=NCCN2CCN(c3ncccn3)CC2)c1.I. The molecular weight excluding hydrogens is 453 g/mol. The Kier molecular flexibility index (Phi) is 8.23. The first-order chi connectivity index (χ1) is 12.6. The van der Waals surface area contributed by atoms with Crippen molar-refractivity contribution >= 4 is 41.6 Å². The molecule has 3 N–H and O–H groups in total. The Balaban J connectivity index is 0.00000261. The number of guanidine groups is 1. The molecule has 0 bridgehead atoms. The van der Waals surface area contributed by atoms with E-state index in [4.69, 9.17) is 5.73 Å². The predicted octanol–water partition coefficient (Wildman–Crippen LogP) is 2.26. The maximum atomic E-state index is 6.02. The van der Waals surface area contributed by atoms with Crippen LogP contribution in [0.5, 0.6) is 0 Å². The van der Waals surface area contributed by atoms with Crippen molar-refractivity contribution < 1.29 is 0 Å². The number of piperazine rings is 1. The fourth-order valence-corrected chi connectivity index (χ4v) is 3.17. The van der Waals surface area contributed by atoms with Crippen molar-refractivity contribution in [3.8, 4) is 0 Å². The molecule has 1 fully saturated rings. The first kappa shape index (κ1) is 21.4. The van der Waals surface area contributed by atoms with Gasteiger partial charge in [-0.2, -0.15) is 0 Å². The van der Waals surface area contributed by atoms with E-state index in [1.54, 1.807) is 12.4 Å². The van der Waals surface area contributed by atoms with Gasteiger partial charge in [-0.05, 0) is 43.2 Å². The minimum atomic E-state index is 0.